The number of esters is 2. The van der Waals surface area contributed by atoms with Gasteiger partial charge < -0.3 is 38.7 Å². The number of ketones is 1. The summed E-state index contributed by atoms with van der Waals surface area (Å²) in [5, 5.41) is 36.0. The average Bonchev–Trinajstić information content (AvgIpc) is 3.55. The maximum Gasteiger partial charge on any atom is 0.310 e. The van der Waals surface area contributed by atoms with Gasteiger partial charge in [0.05, 0.1) is 48.8 Å². The normalized spacial score (nSPS) is 52.9. The number of rotatable bonds is 4. The number of hydrogen-bond acceptors (Lipinski definition) is 11. The molecule has 1 aromatic rings. The van der Waals surface area contributed by atoms with E-state index in [4.69, 9.17) is 23.4 Å². The molecule has 2 bridgehead atoms. The van der Waals surface area contributed by atoms with Gasteiger partial charge in [0.1, 0.15) is 17.8 Å². The minimum atomic E-state index is -1.52. The van der Waals surface area contributed by atoms with Gasteiger partial charge in [-0.1, -0.05) is 27.7 Å². The molecule has 7 rings (SSSR count). The van der Waals surface area contributed by atoms with E-state index in [-0.39, 0.29) is 19.4 Å². The van der Waals surface area contributed by atoms with E-state index in [2.05, 4.69) is 0 Å². The molecule has 6 fully saturated rings. The number of carbonyl (C=O) groups is 3. The van der Waals surface area contributed by atoms with Crippen LogP contribution in [0.3, 0.4) is 0 Å². The van der Waals surface area contributed by atoms with E-state index in [1.807, 2.05) is 20.8 Å². The summed E-state index contributed by atoms with van der Waals surface area (Å²) in [6.07, 6.45) is -2.44. The summed E-state index contributed by atoms with van der Waals surface area (Å²) in [5.74, 6) is -3.80. The molecule has 3 N–H and O–H groups in total. The molecule has 2 saturated heterocycles. The van der Waals surface area contributed by atoms with Gasteiger partial charge in [-0.2, -0.15) is 0 Å². The Labute approximate surface area is 250 Å². The maximum absolute atomic E-state index is 14.8. The number of hydrogen-bond donors (Lipinski definition) is 3. The fourth-order valence-electron chi connectivity index (χ4n) is 11.2. The Balaban J connectivity index is 1.38. The van der Waals surface area contributed by atoms with Crippen LogP contribution >= 0.6 is 0 Å². The molecule has 0 aromatic carbocycles. The van der Waals surface area contributed by atoms with E-state index in [0.29, 0.717) is 6.42 Å². The second-order valence-corrected chi connectivity index (χ2v) is 14.9. The summed E-state index contributed by atoms with van der Waals surface area (Å²) in [6.45, 7) is 10.2. The number of furan rings is 1. The highest BCUT2D eigenvalue weighted by Gasteiger charge is 2.91. The van der Waals surface area contributed by atoms with Crippen LogP contribution in [0.1, 0.15) is 72.3 Å². The second-order valence-electron chi connectivity index (χ2n) is 14.9. The van der Waals surface area contributed by atoms with Crippen molar-refractivity contribution < 1.29 is 53.1 Å². The number of aliphatic hydroxyl groups is 3. The maximum atomic E-state index is 14.8. The van der Waals surface area contributed by atoms with E-state index in [1.54, 1.807) is 26.2 Å². The predicted octanol–water partition coefficient (Wildman–Crippen LogP) is 2.10. The highest BCUT2D eigenvalue weighted by molar-refractivity contribution is 5.91. The van der Waals surface area contributed by atoms with Gasteiger partial charge in [0, 0.05) is 41.4 Å². The van der Waals surface area contributed by atoms with Crippen molar-refractivity contribution in [1.82, 2.24) is 0 Å². The van der Waals surface area contributed by atoms with E-state index >= 15 is 0 Å². The van der Waals surface area contributed by atoms with Gasteiger partial charge in [-0.25, -0.2) is 0 Å². The standard InChI is InChI=1S/C32H42O11/c1-14(2)26(38)42-27-28(4)18-10-22-30(6)24(31(18,13-40-27)19(34)11-21(28)41-15(3)33)23(36)25(37)29(5)17(16-7-8-39-12-16)9-20(35)32(29,30)43-22/h7-8,12,14,17-22,24-25,27,34-35,37H,9-11,13H2,1-6H3/t17-,18-,19-,20+,21+,22+,24-,25-,27-,28+,29+,30+,31+,32-/m0/s1. The van der Waals surface area contributed by atoms with Gasteiger partial charge in [-0.05, 0) is 37.3 Å². The van der Waals surface area contributed by atoms with Crippen LogP contribution in [0, 0.1) is 39.4 Å². The zero-order chi connectivity index (χ0) is 31.1. The first-order valence-corrected chi connectivity index (χ1v) is 15.4. The fourth-order valence-corrected chi connectivity index (χ4v) is 11.2. The van der Waals surface area contributed by atoms with Gasteiger partial charge in [-0.15, -0.1) is 0 Å². The van der Waals surface area contributed by atoms with Crippen LogP contribution in [0.5, 0.6) is 0 Å². The van der Waals surface area contributed by atoms with Crippen LogP contribution in [0.2, 0.25) is 0 Å². The van der Waals surface area contributed by atoms with Crippen LogP contribution in [0.4, 0.5) is 0 Å². The van der Waals surface area contributed by atoms with Gasteiger partial charge in [0.25, 0.3) is 0 Å². The number of carbonyl (C=O) groups excluding carboxylic acids is 3. The van der Waals surface area contributed by atoms with Crippen LogP contribution in [-0.2, 0) is 33.3 Å². The molecular weight excluding hydrogens is 560 g/mol. The van der Waals surface area contributed by atoms with Crippen LogP contribution in [0.15, 0.2) is 23.0 Å². The van der Waals surface area contributed by atoms with Crippen LogP contribution in [-0.4, -0.2) is 82.1 Å². The molecule has 0 unspecified atom stereocenters. The number of aliphatic hydroxyl groups excluding tert-OH is 3. The molecule has 236 valence electrons. The topological polar surface area (TPSA) is 162 Å². The third-order valence-corrected chi connectivity index (χ3v) is 13.1. The monoisotopic (exact) mass is 602 g/mol. The second kappa shape index (κ2) is 8.90. The molecule has 43 heavy (non-hydrogen) atoms. The zero-order valence-electron chi connectivity index (χ0n) is 25.4. The SMILES string of the molecule is CC(=O)O[C@@H]1C[C@H](O)[C@@]23CO[C@@H](OC(=O)C(C)C)[C@]1(C)[C@@H]2C[C@H]1O[C@@]24[C@H](O)C[C@@H](c5ccoc5)[C@]2(C)[C@@H](O)C(=O)[C@H]3[C@@]14C. The van der Waals surface area contributed by atoms with Gasteiger partial charge >= 0.3 is 11.9 Å². The molecule has 2 aliphatic heterocycles. The molecule has 3 heterocycles. The molecule has 0 amide bonds. The van der Waals surface area contributed by atoms with Crippen molar-refractivity contribution in [2.24, 2.45) is 39.4 Å². The first kappa shape index (κ1) is 29.4. The molecule has 6 aliphatic rings. The molecule has 0 radical (unpaired) electrons. The van der Waals surface area contributed by atoms with Crippen molar-refractivity contribution in [1.29, 1.82) is 0 Å². The lowest BCUT2D eigenvalue weighted by Gasteiger charge is -2.81. The lowest BCUT2D eigenvalue weighted by molar-refractivity contribution is -0.458. The van der Waals surface area contributed by atoms with Gasteiger partial charge in [0.15, 0.2) is 5.78 Å². The smallest absolute Gasteiger partial charge is 0.310 e. The largest absolute Gasteiger partial charge is 0.472 e. The van der Waals surface area contributed by atoms with E-state index < -0.39 is 105 Å². The predicted molar refractivity (Wildman–Crippen MR) is 146 cm³/mol. The first-order valence-electron chi connectivity index (χ1n) is 15.4. The Morgan fingerprint density at radius 1 is 1.02 bits per heavy atom. The molecule has 11 nitrogen and oxygen atoms in total. The molecular formula is C32H42O11. The molecule has 1 spiro atoms. The Hall–Kier alpha value is -2.31. The van der Waals surface area contributed by atoms with Gasteiger partial charge in [-0.3, -0.25) is 14.4 Å². The average molecular weight is 603 g/mol. The lowest BCUT2D eigenvalue weighted by Crippen LogP contribution is -2.91. The minimum Gasteiger partial charge on any atom is -0.472 e. The van der Waals surface area contributed by atoms with E-state index in [9.17, 15) is 29.7 Å². The molecule has 1 aromatic heterocycles. The summed E-state index contributed by atoms with van der Waals surface area (Å²) < 4.78 is 30.2. The first-order chi connectivity index (χ1) is 20.1. The number of Topliss-reactive ketones (excluding diaryl/α,β-unsaturated/α-hetero) is 1. The minimum absolute atomic E-state index is 0.00237. The van der Waals surface area contributed by atoms with E-state index in [0.717, 1.165) is 5.56 Å². The summed E-state index contributed by atoms with van der Waals surface area (Å²) in [7, 11) is 0. The summed E-state index contributed by atoms with van der Waals surface area (Å²) >= 11 is 0. The highest BCUT2D eigenvalue weighted by atomic mass is 16.7. The lowest BCUT2D eigenvalue weighted by atomic mass is 9.30. The van der Waals surface area contributed by atoms with Crippen molar-refractivity contribution in [2.45, 2.75) is 109 Å². The van der Waals surface area contributed by atoms with Crippen molar-refractivity contribution in [3.8, 4) is 0 Å². The van der Waals surface area contributed by atoms with Gasteiger partial charge in [0.2, 0.25) is 6.29 Å². The van der Waals surface area contributed by atoms with Crippen LogP contribution < -0.4 is 0 Å². The summed E-state index contributed by atoms with van der Waals surface area (Å²) in [6, 6.07) is 1.79. The molecule has 4 aliphatic carbocycles. The summed E-state index contributed by atoms with van der Waals surface area (Å²) in [5.41, 5.74) is -5.01. The Morgan fingerprint density at radius 3 is 2.37 bits per heavy atom. The molecule has 4 saturated carbocycles. The molecule has 11 heteroatoms. The van der Waals surface area contributed by atoms with E-state index in [1.165, 1.54) is 13.2 Å². The van der Waals surface area contributed by atoms with Crippen molar-refractivity contribution >= 4 is 17.7 Å². The van der Waals surface area contributed by atoms with Crippen LogP contribution in [0.25, 0.3) is 0 Å². The van der Waals surface area contributed by atoms with Crippen molar-refractivity contribution in [3.63, 3.8) is 0 Å². The third-order valence-electron chi connectivity index (χ3n) is 13.1. The van der Waals surface area contributed by atoms with Crippen molar-refractivity contribution in [3.05, 3.63) is 24.2 Å². The Morgan fingerprint density at radius 2 is 1.74 bits per heavy atom. The quantitative estimate of drug-likeness (QED) is 0.433. The third kappa shape index (κ3) is 3.06. The zero-order valence-corrected chi connectivity index (χ0v) is 25.4. The fraction of sp³-hybridized carbons (Fsp3) is 0.781. The van der Waals surface area contributed by atoms with Crippen molar-refractivity contribution in [2.75, 3.05) is 6.61 Å². The Kier molecular flexibility index (Phi) is 6.09. The number of ether oxygens (including phenoxy) is 4. The highest BCUT2D eigenvalue weighted by Crippen LogP contribution is 2.82. The Bertz CT molecular complexity index is 1360. The summed E-state index contributed by atoms with van der Waals surface area (Å²) in [4.78, 5) is 39.9. The molecule has 14 atom stereocenters.